The molecule has 0 saturated heterocycles. The minimum Gasteiger partial charge on any atom is -0.298 e. The molecule has 0 spiro atoms. The zero-order valence-electron chi connectivity index (χ0n) is 8.75. The van der Waals surface area contributed by atoms with Crippen LogP contribution in [0.1, 0.15) is 26.2 Å². The summed E-state index contributed by atoms with van der Waals surface area (Å²) in [7, 11) is 2.08. The summed E-state index contributed by atoms with van der Waals surface area (Å²) in [6.45, 7) is 2.20. The van der Waals surface area contributed by atoms with E-state index in [1.165, 1.54) is 0 Å². The fraction of sp³-hybridized carbons (Fsp3) is 0.900. The quantitative estimate of drug-likeness (QED) is 0.691. The maximum atomic E-state index is 11.5. The van der Waals surface area contributed by atoms with E-state index in [0.717, 1.165) is 25.0 Å². The molecule has 0 aromatic heterocycles. The van der Waals surface area contributed by atoms with Gasteiger partial charge in [0.05, 0.1) is 6.04 Å². The second kappa shape index (κ2) is 5.01. The molecule has 2 unspecified atom stereocenters. The summed E-state index contributed by atoms with van der Waals surface area (Å²) in [5, 5.41) is 0. The predicted molar refractivity (Wildman–Crippen MR) is 58.3 cm³/mol. The van der Waals surface area contributed by atoms with Gasteiger partial charge in [0.1, 0.15) is 5.78 Å². The monoisotopic (exact) mass is 201 g/mol. The third kappa shape index (κ3) is 2.71. The summed E-state index contributed by atoms with van der Waals surface area (Å²) in [6.07, 6.45) is 5.05. The van der Waals surface area contributed by atoms with E-state index in [4.69, 9.17) is 0 Å². The van der Waals surface area contributed by atoms with Crippen molar-refractivity contribution in [1.82, 2.24) is 4.90 Å². The van der Waals surface area contributed by atoms with Gasteiger partial charge in [0.2, 0.25) is 0 Å². The van der Waals surface area contributed by atoms with Crippen LogP contribution in [0.5, 0.6) is 0 Å². The first-order chi connectivity index (χ1) is 6.16. The molecule has 1 aliphatic carbocycles. The summed E-state index contributed by atoms with van der Waals surface area (Å²) >= 11 is 1.85. The Morgan fingerprint density at radius 1 is 1.69 bits per heavy atom. The van der Waals surface area contributed by atoms with Gasteiger partial charge in [-0.25, -0.2) is 0 Å². The van der Waals surface area contributed by atoms with Crippen molar-refractivity contribution in [2.24, 2.45) is 0 Å². The lowest BCUT2D eigenvalue weighted by Crippen LogP contribution is -2.42. The van der Waals surface area contributed by atoms with E-state index in [9.17, 15) is 4.79 Å². The highest BCUT2D eigenvalue weighted by Gasteiger charge is 2.29. The number of ketones is 1. The summed E-state index contributed by atoms with van der Waals surface area (Å²) in [5.74, 6) is 1.55. The SMILES string of the molecule is CSCC(C)N(C)C1CCCC1=O. The van der Waals surface area contributed by atoms with Gasteiger partial charge in [0, 0.05) is 18.2 Å². The van der Waals surface area contributed by atoms with E-state index >= 15 is 0 Å². The molecule has 0 amide bonds. The van der Waals surface area contributed by atoms with Crippen molar-refractivity contribution in [2.45, 2.75) is 38.3 Å². The molecule has 1 fully saturated rings. The lowest BCUT2D eigenvalue weighted by molar-refractivity contribution is -0.121. The molecular formula is C10H19NOS. The zero-order chi connectivity index (χ0) is 9.84. The maximum absolute atomic E-state index is 11.5. The maximum Gasteiger partial charge on any atom is 0.149 e. The lowest BCUT2D eigenvalue weighted by Gasteiger charge is -2.28. The molecule has 1 rings (SSSR count). The average Bonchev–Trinajstić information content (AvgIpc) is 2.50. The van der Waals surface area contributed by atoms with Crippen molar-refractivity contribution in [3.05, 3.63) is 0 Å². The standard InChI is InChI=1S/C10H19NOS/c1-8(7-13-3)11(2)9-5-4-6-10(9)12/h8-9H,4-7H2,1-3H3. The number of carbonyl (C=O) groups is 1. The third-order valence-electron chi connectivity index (χ3n) is 2.87. The Labute approximate surface area is 85.1 Å². The highest BCUT2D eigenvalue weighted by Crippen LogP contribution is 2.21. The van der Waals surface area contributed by atoms with Gasteiger partial charge in [-0.2, -0.15) is 11.8 Å². The molecule has 2 atom stereocenters. The van der Waals surface area contributed by atoms with E-state index in [2.05, 4.69) is 25.1 Å². The number of likely N-dealkylation sites (N-methyl/N-ethyl adjacent to an activating group) is 1. The fourth-order valence-electron chi connectivity index (χ4n) is 1.89. The van der Waals surface area contributed by atoms with Crippen molar-refractivity contribution >= 4 is 17.5 Å². The molecule has 0 aromatic rings. The molecule has 13 heavy (non-hydrogen) atoms. The van der Waals surface area contributed by atoms with Gasteiger partial charge in [-0.15, -0.1) is 0 Å². The van der Waals surface area contributed by atoms with Gasteiger partial charge in [0.15, 0.2) is 0 Å². The largest absolute Gasteiger partial charge is 0.298 e. The fourth-order valence-corrected chi connectivity index (χ4v) is 2.61. The minimum absolute atomic E-state index is 0.210. The highest BCUT2D eigenvalue weighted by molar-refractivity contribution is 7.98. The molecule has 0 aliphatic heterocycles. The van der Waals surface area contributed by atoms with Crippen LogP contribution in [0.4, 0.5) is 0 Å². The first-order valence-corrected chi connectivity index (χ1v) is 6.29. The van der Waals surface area contributed by atoms with Crippen LogP contribution in [-0.4, -0.2) is 41.8 Å². The summed E-state index contributed by atoms with van der Waals surface area (Å²) in [5.41, 5.74) is 0. The molecule has 1 aliphatic rings. The molecule has 2 nitrogen and oxygen atoms in total. The zero-order valence-corrected chi connectivity index (χ0v) is 9.56. The Balaban J connectivity index is 2.45. The highest BCUT2D eigenvalue weighted by atomic mass is 32.2. The number of hydrogen-bond donors (Lipinski definition) is 0. The van der Waals surface area contributed by atoms with Crippen molar-refractivity contribution < 1.29 is 4.79 Å². The van der Waals surface area contributed by atoms with Crippen molar-refractivity contribution in [1.29, 1.82) is 0 Å². The average molecular weight is 201 g/mol. The molecule has 0 N–H and O–H groups in total. The molecule has 0 bridgehead atoms. The van der Waals surface area contributed by atoms with Crippen molar-refractivity contribution in [3.8, 4) is 0 Å². The van der Waals surface area contributed by atoms with Crippen LogP contribution in [0, 0.1) is 0 Å². The van der Waals surface area contributed by atoms with Crippen molar-refractivity contribution in [3.63, 3.8) is 0 Å². The topological polar surface area (TPSA) is 20.3 Å². The predicted octanol–water partition coefficient (Wildman–Crippen LogP) is 1.79. The molecule has 1 saturated carbocycles. The van der Waals surface area contributed by atoms with Crippen LogP contribution in [-0.2, 0) is 4.79 Å². The molecule has 0 heterocycles. The van der Waals surface area contributed by atoms with Crippen LogP contribution in [0.15, 0.2) is 0 Å². The van der Waals surface area contributed by atoms with Crippen LogP contribution < -0.4 is 0 Å². The molecular weight excluding hydrogens is 182 g/mol. The minimum atomic E-state index is 0.210. The Bertz CT molecular complexity index is 184. The van der Waals surface area contributed by atoms with E-state index in [-0.39, 0.29) is 6.04 Å². The Morgan fingerprint density at radius 3 is 2.85 bits per heavy atom. The Hall–Kier alpha value is -0.0200. The number of Topliss-reactive ketones (excluding diaryl/α,β-unsaturated/α-hetero) is 1. The normalized spacial score (nSPS) is 25.5. The Morgan fingerprint density at radius 2 is 2.38 bits per heavy atom. The van der Waals surface area contributed by atoms with Crippen LogP contribution in [0.2, 0.25) is 0 Å². The number of nitrogens with zero attached hydrogens (tertiary/aromatic N) is 1. The van der Waals surface area contributed by atoms with E-state index in [0.29, 0.717) is 11.8 Å². The van der Waals surface area contributed by atoms with E-state index in [1.807, 2.05) is 11.8 Å². The van der Waals surface area contributed by atoms with Crippen molar-refractivity contribution in [2.75, 3.05) is 19.1 Å². The van der Waals surface area contributed by atoms with Crippen LogP contribution in [0.25, 0.3) is 0 Å². The lowest BCUT2D eigenvalue weighted by atomic mass is 10.2. The number of hydrogen-bond acceptors (Lipinski definition) is 3. The number of thioether (sulfide) groups is 1. The smallest absolute Gasteiger partial charge is 0.149 e. The van der Waals surface area contributed by atoms with Crippen LogP contribution >= 0.6 is 11.8 Å². The van der Waals surface area contributed by atoms with Crippen LogP contribution in [0.3, 0.4) is 0 Å². The molecule has 76 valence electrons. The molecule has 3 heteroatoms. The first-order valence-electron chi connectivity index (χ1n) is 4.90. The van der Waals surface area contributed by atoms with Gasteiger partial charge in [-0.05, 0) is 33.1 Å². The first kappa shape index (κ1) is 11.1. The molecule has 0 aromatic carbocycles. The molecule has 0 radical (unpaired) electrons. The summed E-state index contributed by atoms with van der Waals surface area (Å²) < 4.78 is 0. The van der Waals surface area contributed by atoms with Gasteiger partial charge in [-0.1, -0.05) is 0 Å². The number of carbonyl (C=O) groups excluding carboxylic acids is 1. The van der Waals surface area contributed by atoms with Gasteiger partial charge >= 0.3 is 0 Å². The van der Waals surface area contributed by atoms with Gasteiger partial charge < -0.3 is 0 Å². The van der Waals surface area contributed by atoms with Gasteiger partial charge in [0.25, 0.3) is 0 Å². The second-order valence-corrected chi connectivity index (χ2v) is 4.75. The van der Waals surface area contributed by atoms with Gasteiger partial charge in [-0.3, -0.25) is 9.69 Å². The summed E-state index contributed by atoms with van der Waals surface area (Å²) in [4.78, 5) is 13.7. The number of rotatable bonds is 4. The Kier molecular flexibility index (Phi) is 4.26. The second-order valence-electron chi connectivity index (χ2n) is 3.84. The summed E-state index contributed by atoms with van der Waals surface area (Å²) in [6, 6.07) is 0.726. The third-order valence-corrected chi connectivity index (χ3v) is 3.68. The van der Waals surface area contributed by atoms with E-state index < -0.39 is 0 Å². The van der Waals surface area contributed by atoms with E-state index in [1.54, 1.807) is 0 Å².